The van der Waals surface area contributed by atoms with Crippen LogP contribution in [0.25, 0.3) is 22.4 Å². The van der Waals surface area contributed by atoms with Gasteiger partial charge in [-0.1, -0.05) is 45.0 Å². The van der Waals surface area contributed by atoms with E-state index in [1.165, 1.54) is 5.56 Å². The molecular weight excluding hydrogens is 258 g/mol. The molecule has 0 radical (unpaired) electrons. The van der Waals surface area contributed by atoms with Crippen LogP contribution in [-0.2, 0) is 5.41 Å². The predicted octanol–water partition coefficient (Wildman–Crippen LogP) is 4.30. The number of nitrogens with zero attached hydrogens (tertiary/aromatic N) is 3. The van der Waals surface area contributed by atoms with Crippen LogP contribution in [0.1, 0.15) is 32.0 Å². The Balaban J connectivity index is 2.14. The zero-order chi connectivity index (χ0) is 15.0. The molecule has 0 amide bonds. The topological polar surface area (TPSA) is 38.7 Å². The van der Waals surface area contributed by atoms with Gasteiger partial charge >= 0.3 is 0 Å². The molecule has 2 heterocycles. The molecule has 0 fully saturated rings. The minimum atomic E-state index is 0.0109. The van der Waals surface area contributed by atoms with Crippen LogP contribution >= 0.6 is 0 Å². The monoisotopic (exact) mass is 277 g/mol. The molecule has 0 bridgehead atoms. The normalized spacial score (nSPS) is 11.8. The summed E-state index contributed by atoms with van der Waals surface area (Å²) in [5, 5.41) is 1.05. The molecule has 2 aromatic heterocycles. The number of pyridine rings is 1. The van der Waals surface area contributed by atoms with Gasteiger partial charge in [0, 0.05) is 22.7 Å². The third kappa shape index (κ3) is 2.64. The van der Waals surface area contributed by atoms with Gasteiger partial charge in [0.05, 0.1) is 5.52 Å². The maximum Gasteiger partial charge on any atom is 0.178 e. The summed E-state index contributed by atoms with van der Waals surface area (Å²) in [7, 11) is 0. The van der Waals surface area contributed by atoms with Crippen molar-refractivity contribution in [1.82, 2.24) is 15.0 Å². The summed E-state index contributed by atoms with van der Waals surface area (Å²) in [6, 6.07) is 12.1. The average molecular weight is 277 g/mol. The molecule has 0 spiro atoms. The lowest BCUT2D eigenvalue weighted by molar-refractivity contribution is 0.565. The van der Waals surface area contributed by atoms with Crippen LogP contribution in [0.2, 0.25) is 0 Å². The molecule has 0 aliphatic heterocycles. The molecule has 0 atom stereocenters. The van der Waals surface area contributed by atoms with Gasteiger partial charge in [-0.3, -0.25) is 0 Å². The van der Waals surface area contributed by atoms with E-state index in [-0.39, 0.29) is 5.41 Å². The van der Waals surface area contributed by atoms with Crippen LogP contribution in [0.15, 0.2) is 42.6 Å². The summed E-state index contributed by atoms with van der Waals surface area (Å²) in [6.45, 7) is 8.62. The van der Waals surface area contributed by atoms with Gasteiger partial charge in [-0.15, -0.1) is 0 Å². The Morgan fingerprint density at radius 2 is 1.67 bits per heavy atom. The van der Waals surface area contributed by atoms with Crippen molar-refractivity contribution in [3.8, 4) is 11.5 Å². The third-order valence-electron chi connectivity index (χ3n) is 3.53. The maximum absolute atomic E-state index is 4.80. The Hall–Kier alpha value is -2.29. The highest BCUT2D eigenvalue weighted by Crippen LogP contribution is 2.26. The van der Waals surface area contributed by atoms with Gasteiger partial charge in [0.2, 0.25) is 0 Å². The largest absolute Gasteiger partial charge is 0.249 e. The second-order valence-corrected chi connectivity index (χ2v) is 6.36. The summed E-state index contributed by atoms with van der Waals surface area (Å²) < 4.78 is 0. The van der Waals surface area contributed by atoms with Gasteiger partial charge < -0.3 is 0 Å². The van der Waals surface area contributed by atoms with E-state index in [0.29, 0.717) is 5.82 Å². The van der Waals surface area contributed by atoms with Crippen LogP contribution in [0.5, 0.6) is 0 Å². The Kier molecular flexibility index (Phi) is 3.20. The molecule has 1 aromatic carbocycles. The molecule has 3 rings (SSSR count). The molecule has 3 aromatic rings. The van der Waals surface area contributed by atoms with E-state index in [1.807, 2.05) is 36.5 Å². The minimum absolute atomic E-state index is 0.0109. The van der Waals surface area contributed by atoms with Crippen LogP contribution in [-0.4, -0.2) is 15.0 Å². The molecule has 21 heavy (non-hydrogen) atoms. The predicted molar refractivity (Wildman–Crippen MR) is 86.2 cm³/mol. The van der Waals surface area contributed by atoms with Crippen LogP contribution in [0, 0.1) is 6.92 Å². The highest BCUT2D eigenvalue weighted by atomic mass is 14.9. The van der Waals surface area contributed by atoms with Crippen molar-refractivity contribution in [1.29, 1.82) is 0 Å². The third-order valence-corrected chi connectivity index (χ3v) is 3.53. The summed E-state index contributed by atoms with van der Waals surface area (Å²) >= 11 is 0. The van der Waals surface area contributed by atoms with Gasteiger partial charge in [-0.2, -0.15) is 0 Å². The lowest BCUT2D eigenvalue weighted by Crippen LogP contribution is -2.16. The maximum atomic E-state index is 4.80. The number of aryl methyl sites for hydroxylation is 1. The number of hydrogen-bond donors (Lipinski definition) is 0. The number of fused-ring (bicyclic) bond motifs is 1. The quantitative estimate of drug-likeness (QED) is 0.665. The lowest BCUT2D eigenvalue weighted by atomic mass is 9.88. The molecule has 0 aliphatic rings. The van der Waals surface area contributed by atoms with E-state index >= 15 is 0 Å². The van der Waals surface area contributed by atoms with Gasteiger partial charge in [0.15, 0.2) is 5.82 Å². The molecule has 0 saturated heterocycles. The van der Waals surface area contributed by atoms with Crippen molar-refractivity contribution in [2.75, 3.05) is 0 Å². The zero-order valence-electron chi connectivity index (χ0n) is 12.9. The smallest absolute Gasteiger partial charge is 0.178 e. The van der Waals surface area contributed by atoms with Crippen molar-refractivity contribution in [2.24, 2.45) is 0 Å². The fourth-order valence-corrected chi connectivity index (χ4v) is 2.51. The van der Waals surface area contributed by atoms with E-state index in [1.54, 1.807) is 0 Å². The fourth-order valence-electron chi connectivity index (χ4n) is 2.51. The van der Waals surface area contributed by atoms with Crippen LogP contribution in [0.4, 0.5) is 0 Å². The molecule has 106 valence electrons. The zero-order valence-corrected chi connectivity index (χ0v) is 12.9. The van der Waals surface area contributed by atoms with Gasteiger partial charge in [0.1, 0.15) is 5.69 Å². The van der Waals surface area contributed by atoms with Crippen molar-refractivity contribution in [3.63, 3.8) is 0 Å². The number of rotatable bonds is 1. The summed E-state index contributed by atoms with van der Waals surface area (Å²) in [5.41, 5.74) is 4.08. The van der Waals surface area contributed by atoms with Gasteiger partial charge in [-0.05, 0) is 24.6 Å². The fraction of sp³-hybridized carbons (Fsp3) is 0.278. The van der Waals surface area contributed by atoms with Crippen LogP contribution < -0.4 is 0 Å². The Morgan fingerprint density at radius 3 is 2.43 bits per heavy atom. The van der Waals surface area contributed by atoms with E-state index in [4.69, 9.17) is 4.98 Å². The van der Waals surface area contributed by atoms with E-state index in [9.17, 15) is 0 Å². The highest BCUT2D eigenvalue weighted by molar-refractivity contribution is 5.79. The molecule has 0 N–H and O–H groups in total. The standard InChI is InChI=1S/C18H19N3/c1-12-9-10-15(20-16(12)18(2,3)4)17-19-11-13-7-5-6-8-14(13)21-17/h5-11H,1-4H3. The summed E-state index contributed by atoms with van der Waals surface area (Å²) in [6.07, 6.45) is 1.86. The number of hydrogen-bond acceptors (Lipinski definition) is 3. The van der Waals surface area contributed by atoms with E-state index in [0.717, 1.165) is 22.3 Å². The van der Waals surface area contributed by atoms with Crippen molar-refractivity contribution >= 4 is 10.9 Å². The van der Waals surface area contributed by atoms with Crippen molar-refractivity contribution < 1.29 is 0 Å². The van der Waals surface area contributed by atoms with E-state index < -0.39 is 0 Å². The average Bonchev–Trinajstić information content (AvgIpc) is 2.46. The summed E-state index contributed by atoms with van der Waals surface area (Å²) in [5.74, 6) is 0.680. The molecule has 3 heteroatoms. The first-order valence-electron chi connectivity index (χ1n) is 7.15. The molecule has 3 nitrogen and oxygen atoms in total. The highest BCUT2D eigenvalue weighted by Gasteiger charge is 2.19. The number of benzene rings is 1. The van der Waals surface area contributed by atoms with Gasteiger partial charge in [-0.25, -0.2) is 15.0 Å². The van der Waals surface area contributed by atoms with Crippen molar-refractivity contribution in [2.45, 2.75) is 33.1 Å². The van der Waals surface area contributed by atoms with E-state index in [2.05, 4.69) is 43.7 Å². The number of para-hydroxylation sites is 1. The Labute approximate surface area is 125 Å². The lowest BCUT2D eigenvalue weighted by Gasteiger charge is -2.20. The first-order valence-corrected chi connectivity index (χ1v) is 7.15. The molecule has 0 aliphatic carbocycles. The second-order valence-electron chi connectivity index (χ2n) is 6.36. The van der Waals surface area contributed by atoms with Gasteiger partial charge in [0.25, 0.3) is 0 Å². The first kappa shape index (κ1) is 13.7. The molecular formula is C18H19N3. The van der Waals surface area contributed by atoms with Crippen LogP contribution in [0.3, 0.4) is 0 Å². The Morgan fingerprint density at radius 1 is 0.905 bits per heavy atom. The SMILES string of the molecule is Cc1ccc(-c2ncc3ccccc3n2)nc1C(C)(C)C. The Bertz CT molecular complexity index is 801. The summed E-state index contributed by atoms with van der Waals surface area (Å²) in [4.78, 5) is 13.9. The minimum Gasteiger partial charge on any atom is -0.249 e. The number of aromatic nitrogens is 3. The molecule has 0 unspecified atom stereocenters. The second kappa shape index (κ2) is 4.92. The first-order chi connectivity index (χ1) is 9.95. The van der Waals surface area contributed by atoms with Crippen molar-refractivity contribution in [3.05, 3.63) is 53.9 Å². The molecule has 0 saturated carbocycles.